The van der Waals surface area contributed by atoms with E-state index in [1.807, 2.05) is 38.2 Å². The van der Waals surface area contributed by atoms with Crippen LogP contribution in [0.4, 0.5) is 28.7 Å². The van der Waals surface area contributed by atoms with Gasteiger partial charge in [-0.3, -0.25) is 9.63 Å². The van der Waals surface area contributed by atoms with Crippen LogP contribution < -0.4 is 25.3 Å². The van der Waals surface area contributed by atoms with E-state index in [-0.39, 0.29) is 17.5 Å². The number of aromatic carboxylic acids is 1. The van der Waals surface area contributed by atoms with Crippen molar-refractivity contribution in [1.29, 1.82) is 0 Å². The summed E-state index contributed by atoms with van der Waals surface area (Å²) >= 11 is 0. The number of hydrogen-bond acceptors (Lipinski definition) is 10. The van der Waals surface area contributed by atoms with Gasteiger partial charge in [-0.25, -0.2) is 19.8 Å². The number of hydrogen-bond donors (Lipinski definition) is 3. The van der Waals surface area contributed by atoms with Crippen molar-refractivity contribution in [2.24, 2.45) is 0 Å². The van der Waals surface area contributed by atoms with E-state index >= 15 is 0 Å². The van der Waals surface area contributed by atoms with Crippen molar-refractivity contribution >= 4 is 40.6 Å². The molecule has 1 atom stereocenters. The number of carbonyl (C=O) groups excluding carboxylic acids is 1. The Balaban J connectivity index is 1.64. The standard InChI is InChI=1S/C29H35N7O5/c1-6-28(37)33-21-15-22(25(40-5)16-24(21)35(4)12-11-34(2)3)32-26-17-27(31-18-30-26)36-23(10-13-41-36)19-8-7-9-20(14-19)29(38)39/h6-9,14-18,23H,1,10-13H2,2-5H3,(H,33,37)(H,38,39)(H,30,31,32)/t23-/m1/s1. The molecule has 3 N–H and O–H groups in total. The molecule has 0 aliphatic carbocycles. The molecule has 1 aliphatic rings. The van der Waals surface area contributed by atoms with Gasteiger partial charge >= 0.3 is 5.97 Å². The van der Waals surface area contributed by atoms with Crippen molar-refractivity contribution in [3.63, 3.8) is 0 Å². The Hall–Kier alpha value is -4.68. The number of carbonyl (C=O) groups is 2. The minimum Gasteiger partial charge on any atom is -0.494 e. The van der Waals surface area contributed by atoms with Gasteiger partial charge in [-0.05, 0) is 43.9 Å². The van der Waals surface area contributed by atoms with E-state index in [2.05, 4.69) is 32.1 Å². The number of amides is 1. The summed E-state index contributed by atoms with van der Waals surface area (Å²) in [5, 5.41) is 17.2. The molecule has 1 amide bonds. The molecular weight excluding hydrogens is 526 g/mol. The molecule has 2 aromatic carbocycles. The van der Waals surface area contributed by atoms with Gasteiger partial charge in [0, 0.05) is 38.7 Å². The molecular formula is C29H35N7O5. The highest BCUT2D eigenvalue weighted by atomic mass is 16.7. The molecule has 216 valence electrons. The Labute approximate surface area is 239 Å². The van der Waals surface area contributed by atoms with E-state index in [0.29, 0.717) is 41.8 Å². The zero-order valence-corrected chi connectivity index (χ0v) is 23.6. The Morgan fingerprint density at radius 3 is 2.68 bits per heavy atom. The Morgan fingerprint density at radius 1 is 1.17 bits per heavy atom. The molecule has 0 unspecified atom stereocenters. The summed E-state index contributed by atoms with van der Waals surface area (Å²) < 4.78 is 5.70. The van der Waals surface area contributed by atoms with E-state index < -0.39 is 5.97 Å². The average molecular weight is 562 g/mol. The minimum absolute atomic E-state index is 0.210. The third-order valence-electron chi connectivity index (χ3n) is 6.62. The Morgan fingerprint density at radius 2 is 1.98 bits per heavy atom. The molecule has 41 heavy (non-hydrogen) atoms. The number of carboxylic acid groups (broad SMARTS) is 1. The maximum absolute atomic E-state index is 12.3. The van der Waals surface area contributed by atoms with Crippen LogP contribution in [0, 0.1) is 0 Å². The molecule has 3 aromatic rings. The molecule has 1 aromatic heterocycles. The predicted octanol–water partition coefficient (Wildman–Crippen LogP) is 3.93. The molecule has 1 fully saturated rings. The third kappa shape index (κ3) is 7.10. The summed E-state index contributed by atoms with van der Waals surface area (Å²) in [6, 6.07) is 12.0. The average Bonchev–Trinajstić information content (AvgIpc) is 3.46. The Kier molecular flexibility index (Phi) is 9.37. The van der Waals surface area contributed by atoms with Gasteiger partial charge in [0.15, 0.2) is 5.82 Å². The fourth-order valence-corrected chi connectivity index (χ4v) is 4.46. The van der Waals surface area contributed by atoms with Crippen LogP contribution in [0.25, 0.3) is 0 Å². The van der Waals surface area contributed by atoms with Crippen molar-refractivity contribution in [3.05, 3.63) is 72.6 Å². The number of aromatic nitrogens is 2. The van der Waals surface area contributed by atoms with Crippen molar-refractivity contribution in [1.82, 2.24) is 14.9 Å². The highest BCUT2D eigenvalue weighted by Crippen LogP contribution is 2.39. The number of likely N-dealkylation sites (N-methyl/N-ethyl adjacent to an activating group) is 2. The summed E-state index contributed by atoms with van der Waals surface area (Å²) in [4.78, 5) is 42.5. The van der Waals surface area contributed by atoms with Crippen LogP contribution in [0.15, 0.2) is 61.4 Å². The monoisotopic (exact) mass is 561 g/mol. The van der Waals surface area contributed by atoms with Crippen molar-refractivity contribution in [2.45, 2.75) is 12.5 Å². The number of anilines is 5. The number of carboxylic acids is 1. The normalized spacial score (nSPS) is 14.6. The fraction of sp³-hybridized carbons (Fsp3) is 0.310. The van der Waals surface area contributed by atoms with Crippen LogP contribution >= 0.6 is 0 Å². The summed E-state index contributed by atoms with van der Waals surface area (Å²) in [5.74, 6) is 0.200. The van der Waals surface area contributed by atoms with Gasteiger partial charge in [0.05, 0.1) is 42.4 Å². The first-order valence-corrected chi connectivity index (χ1v) is 13.1. The quantitative estimate of drug-likeness (QED) is 0.278. The summed E-state index contributed by atoms with van der Waals surface area (Å²) in [6.45, 7) is 5.57. The maximum atomic E-state index is 12.3. The lowest BCUT2D eigenvalue weighted by Crippen LogP contribution is -2.29. The lowest BCUT2D eigenvalue weighted by molar-refractivity contribution is -0.111. The lowest BCUT2D eigenvalue weighted by Gasteiger charge is -2.26. The van der Waals surface area contributed by atoms with E-state index in [1.54, 1.807) is 42.5 Å². The van der Waals surface area contributed by atoms with Gasteiger partial charge in [0.2, 0.25) is 5.91 Å². The summed E-state index contributed by atoms with van der Waals surface area (Å²) in [6.07, 6.45) is 3.30. The number of rotatable bonds is 12. The molecule has 1 aliphatic heterocycles. The lowest BCUT2D eigenvalue weighted by atomic mass is 10.0. The predicted molar refractivity (Wildman–Crippen MR) is 158 cm³/mol. The van der Waals surface area contributed by atoms with Crippen LogP contribution in [0.2, 0.25) is 0 Å². The van der Waals surface area contributed by atoms with Crippen molar-refractivity contribution < 1.29 is 24.3 Å². The second-order valence-electron chi connectivity index (χ2n) is 9.77. The zero-order valence-electron chi connectivity index (χ0n) is 23.6. The van der Waals surface area contributed by atoms with Crippen molar-refractivity contribution in [2.75, 3.05) is 68.5 Å². The van der Waals surface area contributed by atoms with Gasteiger partial charge in [-0.2, -0.15) is 0 Å². The number of benzene rings is 2. The molecule has 0 bridgehead atoms. The molecule has 2 heterocycles. The summed E-state index contributed by atoms with van der Waals surface area (Å²) in [5.41, 5.74) is 2.96. The summed E-state index contributed by atoms with van der Waals surface area (Å²) in [7, 11) is 7.52. The number of nitrogens with zero attached hydrogens (tertiary/aromatic N) is 5. The topological polar surface area (TPSA) is 132 Å². The molecule has 0 spiro atoms. The first-order valence-electron chi connectivity index (χ1n) is 13.1. The van der Waals surface area contributed by atoms with Crippen molar-refractivity contribution in [3.8, 4) is 5.75 Å². The molecule has 12 nitrogen and oxygen atoms in total. The molecule has 0 saturated carbocycles. The van der Waals surface area contributed by atoms with Crippen LogP contribution in [0.3, 0.4) is 0 Å². The highest BCUT2D eigenvalue weighted by Gasteiger charge is 2.30. The Bertz CT molecular complexity index is 1410. The number of methoxy groups -OCH3 is 1. The third-order valence-corrected chi connectivity index (χ3v) is 6.62. The minimum atomic E-state index is -0.988. The fourth-order valence-electron chi connectivity index (χ4n) is 4.46. The van der Waals surface area contributed by atoms with Gasteiger partial charge in [0.1, 0.15) is 17.9 Å². The highest BCUT2D eigenvalue weighted by molar-refractivity contribution is 6.02. The second kappa shape index (κ2) is 13.1. The first kappa shape index (κ1) is 29.3. The number of nitrogens with one attached hydrogen (secondary N) is 2. The van der Waals surface area contributed by atoms with Crippen LogP contribution in [-0.4, -0.2) is 79.8 Å². The van der Waals surface area contributed by atoms with Crippen LogP contribution in [0.5, 0.6) is 5.75 Å². The van der Waals surface area contributed by atoms with Crippen LogP contribution in [-0.2, 0) is 9.63 Å². The first-order chi connectivity index (χ1) is 19.7. The number of hydroxylamine groups is 1. The van der Waals surface area contributed by atoms with Gasteiger partial charge < -0.3 is 30.3 Å². The largest absolute Gasteiger partial charge is 0.494 e. The SMILES string of the molecule is C=CC(=O)Nc1cc(Nc2cc(N3OCC[C@@H]3c3cccc(C(=O)O)c3)ncn2)c(OC)cc1N(C)CCN(C)C. The van der Waals surface area contributed by atoms with E-state index in [9.17, 15) is 14.7 Å². The molecule has 4 rings (SSSR count). The smallest absolute Gasteiger partial charge is 0.335 e. The van der Waals surface area contributed by atoms with Gasteiger partial charge in [-0.1, -0.05) is 18.7 Å². The van der Waals surface area contributed by atoms with E-state index in [1.165, 1.54) is 12.4 Å². The van der Waals surface area contributed by atoms with Crippen LogP contribution in [0.1, 0.15) is 28.4 Å². The molecule has 0 radical (unpaired) electrons. The van der Waals surface area contributed by atoms with E-state index in [4.69, 9.17) is 9.57 Å². The zero-order chi connectivity index (χ0) is 29.5. The van der Waals surface area contributed by atoms with Gasteiger partial charge in [0.25, 0.3) is 0 Å². The molecule has 1 saturated heterocycles. The number of ether oxygens (including phenoxy) is 1. The second-order valence-corrected chi connectivity index (χ2v) is 9.77. The van der Waals surface area contributed by atoms with Gasteiger partial charge in [-0.15, -0.1) is 0 Å². The molecule has 12 heteroatoms. The van der Waals surface area contributed by atoms with E-state index in [0.717, 1.165) is 24.3 Å². The maximum Gasteiger partial charge on any atom is 0.335 e.